The number of aliphatic hydroxyl groups excluding tert-OH is 1. The third kappa shape index (κ3) is 6.33. The van der Waals surface area contributed by atoms with Crippen molar-refractivity contribution in [2.24, 2.45) is 0 Å². The van der Waals surface area contributed by atoms with Crippen LogP contribution in [-0.2, 0) is 6.42 Å². The van der Waals surface area contributed by atoms with E-state index in [1.807, 2.05) is 42.5 Å². The summed E-state index contributed by atoms with van der Waals surface area (Å²) in [5.41, 5.74) is 1.72. The Labute approximate surface area is 149 Å². The fourth-order valence-corrected chi connectivity index (χ4v) is 2.60. The first-order valence-corrected chi connectivity index (χ1v) is 8.89. The molecule has 4 heteroatoms. The number of ketones is 1. The Balaban J connectivity index is 1.99. The second-order valence-corrected chi connectivity index (χ2v) is 6.03. The summed E-state index contributed by atoms with van der Waals surface area (Å²) in [4.78, 5) is 12.6. The lowest BCUT2D eigenvalue weighted by Gasteiger charge is -2.19. The van der Waals surface area contributed by atoms with Crippen molar-refractivity contribution in [2.75, 3.05) is 19.7 Å². The van der Waals surface area contributed by atoms with Gasteiger partial charge in [-0.1, -0.05) is 49.4 Å². The van der Waals surface area contributed by atoms with Crippen LogP contribution in [0.3, 0.4) is 0 Å². The van der Waals surface area contributed by atoms with E-state index >= 15 is 0 Å². The SMILES string of the molecule is CCCNCC(CO)Oc1ccccc1C(=O)CCc1ccccc1. The van der Waals surface area contributed by atoms with Crippen molar-refractivity contribution in [3.63, 3.8) is 0 Å². The highest BCUT2D eigenvalue weighted by molar-refractivity contribution is 5.98. The van der Waals surface area contributed by atoms with E-state index in [2.05, 4.69) is 12.2 Å². The number of hydrogen-bond acceptors (Lipinski definition) is 4. The van der Waals surface area contributed by atoms with Crippen LogP contribution in [0.1, 0.15) is 35.7 Å². The molecule has 2 rings (SSSR count). The number of carbonyl (C=O) groups excluding carboxylic acids is 1. The fraction of sp³-hybridized carbons (Fsp3) is 0.381. The zero-order valence-electron chi connectivity index (χ0n) is 14.8. The lowest BCUT2D eigenvalue weighted by molar-refractivity contribution is 0.0953. The molecule has 0 spiro atoms. The number of hydrogen-bond donors (Lipinski definition) is 2. The second kappa shape index (κ2) is 10.6. The smallest absolute Gasteiger partial charge is 0.166 e. The molecule has 1 atom stereocenters. The number of aliphatic hydroxyl groups is 1. The summed E-state index contributed by atoms with van der Waals surface area (Å²) in [6.45, 7) is 3.42. The molecule has 0 fully saturated rings. The molecule has 0 bridgehead atoms. The van der Waals surface area contributed by atoms with Crippen LogP contribution in [0.25, 0.3) is 0 Å². The van der Waals surface area contributed by atoms with Crippen LogP contribution < -0.4 is 10.1 Å². The first kappa shape index (κ1) is 19.2. The molecule has 0 aliphatic heterocycles. The van der Waals surface area contributed by atoms with Crippen molar-refractivity contribution in [1.29, 1.82) is 0 Å². The molecule has 4 nitrogen and oxygen atoms in total. The maximum Gasteiger partial charge on any atom is 0.166 e. The average Bonchev–Trinajstić information content (AvgIpc) is 2.66. The number of aryl methyl sites for hydroxylation is 1. The molecule has 0 saturated carbocycles. The summed E-state index contributed by atoms with van der Waals surface area (Å²) in [5.74, 6) is 0.593. The van der Waals surface area contributed by atoms with Gasteiger partial charge in [0, 0.05) is 13.0 Å². The topological polar surface area (TPSA) is 58.6 Å². The summed E-state index contributed by atoms with van der Waals surface area (Å²) in [6, 6.07) is 17.2. The highest BCUT2D eigenvalue weighted by Crippen LogP contribution is 2.21. The van der Waals surface area contributed by atoms with Gasteiger partial charge in [-0.15, -0.1) is 0 Å². The monoisotopic (exact) mass is 341 g/mol. The zero-order valence-corrected chi connectivity index (χ0v) is 14.8. The number of ether oxygens (including phenoxy) is 1. The number of Topliss-reactive ketones (excluding diaryl/α,β-unsaturated/α-hetero) is 1. The van der Waals surface area contributed by atoms with E-state index in [-0.39, 0.29) is 18.5 Å². The van der Waals surface area contributed by atoms with Gasteiger partial charge in [0.25, 0.3) is 0 Å². The van der Waals surface area contributed by atoms with Gasteiger partial charge in [0.05, 0.1) is 12.2 Å². The molecule has 25 heavy (non-hydrogen) atoms. The van der Waals surface area contributed by atoms with E-state index in [0.717, 1.165) is 18.5 Å². The van der Waals surface area contributed by atoms with E-state index in [9.17, 15) is 9.90 Å². The maximum absolute atomic E-state index is 12.6. The number of benzene rings is 2. The molecule has 0 aromatic heterocycles. The normalized spacial score (nSPS) is 11.9. The fourth-order valence-electron chi connectivity index (χ4n) is 2.60. The minimum Gasteiger partial charge on any atom is -0.486 e. The second-order valence-electron chi connectivity index (χ2n) is 6.03. The summed E-state index contributed by atoms with van der Waals surface area (Å²) in [6.07, 6.45) is 1.79. The Kier molecular flexibility index (Phi) is 8.16. The van der Waals surface area contributed by atoms with Gasteiger partial charge >= 0.3 is 0 Å². The summed E-state index contributed by atoms with van der Waals surface area (Å²) >= 11 is 0. The Morgan fingerprint density at radius 2 is 1.84 bits per heavy atom. The molecule has 0 radical (unpaired) electrons. The van der Waals surface area contributed by atoms with Gasteiger partial charge in [0.15, 0.2) is 5.78 Å². The molecular formula is C21H27NO3. The van der Waals surface area contributed by atoms with E-state index in [1.54, 1.807) is 12.1 Å². The molecule has 134 valence electrons. The van der Waals surface area contributed by atoms with Gasteiger partial charge in [0.2, 0.25) is 0 Å². The van der Waals surface area contributed by atoms with Gasteiger partial charge in [-0.25, -0.2) is 0 Å². The lowest BCUT2D eigenvalue weighted by atomic mass is 10.0. The van der Waals surface area contributed by atoms with Crippen molar-refractivity contribution in [3.05, 3.63) is 65.7 Å². The summed E-state index contributed by atoms with van der Waals surface area (Å²) < 4.78 is 5.88. The first-order chi connectivity index (χ1) is 12.2. The largest absolute Gasteiger partial charge is 0.486 e. The van der Waals surface area contributed by atoms with E-state index in [1.165, 1.54) is 0 Å². The predicted molar refractivity (Wildman–Crippen MR) is 100 cm³/mol. The van der Waals surface area contributed by atoms with Crippen molar-refractivity contribution < 1.29 is 14.6 Å². The highest BCUT2D eigenvalue weighted by atomic mass is 16.5. The van der Waals surface area contributed by atoms with Crippen LogP contribution in [-0.4, -0.2) is 36.7 Å². The van der Waals surface area contributed by atoms with Crippen LogP contribution in [0.5, 0.6) is 5.75 Å². The Morgan fingerprint density at radius 1 is 1.12 bits per heavy atom. The molecule has 0 heterocycles. The van der Waals surface area contributed by atoms with E-state index in [4.69, 9.17) is 4.74 Å². The van der Waals surface area contributed by atoms with Gasteiger partial charge < -0.3 is 15.2 Å². The summed E-state index contributed by atoms with van der Waals surface area (Å²) in [7, 11) is 0. The van der Waals surface area contributed by atoms with Crippen molar-refractivity contribution in [3.8, 4) is 5.75 Å². The van der Waals surface area contributed by atoms with Crippen LogP contribution in [0.15, 0.2) is 54.6 Å². The third-order valence-corrected chi connectivity index (χ3v) is 3.97. The highest BCUT2D eigenvalue weighted by Gasteiger charge is 2.16. The molecular weight excluding hydrogens is 314 g/mol. The van der Waals surface area contributed by atoms with Crippen LogP contribution in [0.2, 0.25) is 0 Å². The van der Waals surface area contributed by atoms with Crippen molar-refractivity contribution >= 4 is 5.78 Å². The first-order valence-electron chi connectivity index (χ1n) is 8.89. The molecule has 0 aliphatic rings. The number of para-hydroxylation sites is 1. The van der Waals surface area contributed by atoms with E-state index < -0.39 is 0 Å². The molecule has 2 aromatic carbocycles. The van der Waals surface area contributed by atoms with Crippen LogP contribution >= 0.6 is 0 Å². The van der Waals surface area contributed by atoms with Crippen LogP contribution in [0.4, 0.5) is 0 Å². The molecule has 1 unspecified atom stereocenters. The van der Waals surface area contributed by atoms with E-state index in [0.29, 0.717) is 30.7 Å². The zero-order chi connectivity index (χ0) is 17.9. The van der Waals surface area contributed by atoms with Gasteiger partial charge in [-0.05, 0) is 37.1 Å². The maximum atomic E-state index is 12.6. The molecule has 0 saturated heterocycles. The summed E-state index contributed by atoms with van der Waals surface area (Å²) in [5, 5.41) is 12.8. The van der Waals surface area contributed by atoms with Crippen LogP contribution in [0, 0.1) is 0 Å². The minimum atomic E-state index is -0.366. The Hall–Kier alpha value is -2.17. The predicted octanol–water partition coefficient (Wildman–Crippen LogP) is 3.24. The standard InChI is InChI=1S/C21H27NO3/c1-2-14-22-15-18(16-23)25-21-11-7-6-10-19(21)20(24)13-12-17-8-4-3-5-9-17/h3-11,18,22-23H,2,12-16H2,1H3. The average molecular weight is 341 g/mol. The van der Waals surface area contributed by atoms with Gasteiger partial charge in [0.1, 0.15) is 11.9 Å². The lowest BCUT2D eigenvalue weighted by Crippen LogP contribution is -2.35. The molecule has 0 aliphatic carbocycles. The quantitative estimate of drug-likeness (QED) is 0.487. The number of carbonyl (C=O) groups is 1. The molecule has 2 aromatic rings. The third-order valence-electron chi connectivity index (χ3n) is 3.97. The number of rotatable bonds is 11. The van der Waals surface area contributed by atoms with Gasteiger partial charge in [-0.2, -0.15) is 0 Å². The van der Waals surface area contributed by atoms with Crippen molar-refractivity contribution in [1.82, 2.24) is 5.32 Å². The number of nitrogens with one attached hydrogen (secondary N) is 1. The molecule has 2 N–H and O–H groups in total. The molecule has 0 amide bonds. The van der Waals surface area contributed by atoms with Crippen molar-refractivity contribution in [2.45, 2.75) is 32.3 Å². The Morgan fingerprint density at radius 3 is 2.56 bits per heavy atom. The van der Waals surface area contributed by atoms with Gasteiger partial charge in [-0.3, -0.25) is 4.79 Å². The minimum absolute atomic E-state index is 0.0534. The Bertz CT molecular complexity index is 643.